The van der Waals surface area contributed by atoms with E-state index in [9.17, 15) is 0 Å². The highest BCUT2D eigenvalue weighted by Crippen LogP contribution is 2.31. The Morgan fingerprint density at radius 3 is 2.20 bits per heavy atom. The minimum atomic E-state index is 0.635. The predicted octanol–water partition coefficient (Wildman–Crippen LogP) is 5.11. The summed E-state index contributed by atoms with van der Waals surface area (Å²) in [6.07, 6.45) is 1.55. The molecule has 25 heavy (non-hydrogen) atoms. The van der Waals surface area contributed by atoms with Gasteiger partial charge < -0.3 is 4.42 Å². The summed E-state index contributed by atoms with van der Waals surface area (Å²) in [5, 5.41) is 2.21. The first-order valence-corrected chi connectivity index (χ1v) is 8.05. The van der Waals surface area contributed by atoms with E-state index in [2.05, 4.69) is 27.1 Å². The second-order valence-electron chi connectivity index (χ2n) is 5.81. The topological polar surface area (TPSA) is 51.8 Å². The van der Waals surface area contributed by atoms with Gasteiger partial charge in [-0.1, -0.05) is 54.6 Å². The molecule has 0 bridgehead atoms. The SMILES string of the molecule is c1ccc(-c2ncnc(-c3ccc4c(c3)oc3ccccc34)n2)cc1. The van der Waals surface area contributed by atoms with Crippen molar-refractivity contribution < 1.29 is 4.42 Å². The standard InChI is InChI=1S/C21H13N3O/c1-2-6-14(7-3-1)20-22-13-23-21(24-20)15-10-11-17-16-8-4-5-9-18(16)25-19(17)12-15/h1-13H. The van der Waals surface area contributed by atoms with Crippen LogP contribution in [0.3, 0.4) is 0 Å². The molecule has 0 spiro atoms. The predicted molar refractivity (Wildman–Crippen MR) is 98.0 cm³/mol. The maximum Gasteiger partial charge on any atom is 0.163 e. The van der Waals surface area contributed by atoms with Crippen LogP contribution >= 0.6 is 0 Å². The lowest BCUT2D eigenvalue weighted by Crippen LogP contribution is -1.94. The van der Waals surface area contributed by atoms with E-state index in [-0.39, 0.29) is 0 Å². The molecule has 3 aromatic carbocycles. The molecule has 2 heterocycles. The first kappa shape index (κ1) is 13.9. The van der Waals surface area contributed by atoms with Crippen LogP contribution in [-0.4, -0.2) is 15.0 Å². The molecule has 5 aromatic rings. The summed E-state index contributed by atoms with van der Waals surface area (Å²) in [5.74, 6) is 1.30. The molecule has 0 saturated carbocycles. The molecule has 4 nitrogen and oxygen atoms in total. The Morgan fingerprint density at radius 2 is 1.32 bits per heavy atom. The Hall–Kier alpha value is -3.53. The van der Waals surface area contributed by atoms with Crippen molar-refractivity contribution in [3.63, 3.8) is 0 Å². The van der Waals surface area contributed by atoms with E-state index >= 15 is 0 Å². The molecule has 0 amide bonds. The molecule has 0 fully saturated rings. The van der Waals surface area contributed by atoms with Crippen molar-refractivity contribution in [2.75, 3.05) is 0 Å². The lowest BCUT2D eigenvalue weighted by molar-refractivity contribution is 0.669. The summed E-state index contributed by atoms with van der Waals surface area (Å²) >= 11 is 0. The molecular weight excluding hydrogens is 310 g/mol. The first-order chi connectivity index (χ1) is 12.4. The summed E-state index contributed by atoms with van der Waals surface area (Å²) in [6.45, 7) is 0. The molecule has 0 unspecified atom stereocenters. The van der Waals surface area contributed by atoms with Crippen LogP contribution in [0.2, 0.25) is 0 Å². The third-order valence-electron chi connectivity index (χ3n) is 4.24. The van der Waals surface area contributed by atoms with Crippen LogP contribution in [0.1, 0.15) is 0 Å². The lowest BCUT2D eigenvalue weighted by Gasteiger charge is -2.03. The van der Waals surface area contributed by atoms with E-state index in [1.807, 2.05) is 60.7 Å². The number of hydrogen-bond donors (Lipinski definition) is 0. The Labute approximate surface area is 143 Å². The summed E-state index contributed by atoms with van der Waals surface area (Å²) in [7, 11) is 0. The van der Waals surface area contributed by atoms with Crippen molar-refractivity contribution >= 4 is 21.9 Å². The summed E-state index contributed by atoms with van der Waals surface area (Å²) in [4.78, 5) is 13.2. The number of hydrogen-bond acceptors (Lipinski definition) is 4. The highest BCUT2D eigenvalue weighted by atomic mass is 16.3. The van der Waals surface area contributed by atoms with Crippen molar-refractivity contribution in [2.24, 2.45) is 0 Å². The summed E-state index contributed by atoms with van der Waals surface area (Å²) < 4.78 is 5.96. The van der Waals surface area contributed by atoms with E-state index < -0.39 is 0 Å². The molecule has 0 aliphatic carbocycles. The van der Waals surface area contributed by atoms with Gasteiger partial charge in [-0.15, -0.1) is 0 Å². The quantitative estimate of drug-likeness (QED) is 0.453. The van der Waals surface area contributed by atoms with Gasteiger partial charge >= 0.3 is 0 Å². The molecule has 0 radical (unpaired) electrons. The van der Waals surface area contributed by atoms with Gasteiger partial charge in [0.15, 0.2) is 11.6 Å². The highest BCUT2D eigenvalue weighted by molar-refractivity contribution is 6.05. The summed E-state index contributed by atoms with van der Waals surface area (Å²) in [6, 6.07) is 24.0. The van der Waals surface area contributed by atoms with E-state index in [4.69, 9.17) is 4.42 Å². The van der Waals surface area contributed by atoms with Gasteiger partial charge in [-0.05, 0) is 18.2 Å². The Morgan fingerprint density at radius 1 is 0.600 bits per heavy atom. The van der Waals surface area contributed by atoms with Crippen molar-refractivity contribution in [3.8, 4) is 22.8 Å². The molecule has 118 valence electrons. The maximum absolute atomic E-state index is 5.96. The van der Waals surface area contributed by atoms with Crippen LogP contribution in [0.25, 0.3) is 44.7 Å². The van der Waals surface area contributed by atoms with Crippen molar-refractivity contribution in [3.05, 3.63) is 79.1 Å². The molecule has 0 saturated heterocycles. The van der Waals surface area contributed by atoms with Crippen LogP contribution in [-0.2, 0) is 0 Å². The average molecular weight is 323 g/mol. The zero-order valence-corrected chi connectivity index (χ0v) is 13.3. The normalized spacial score (nSPS) is 11.2. The van der Waals surface area contributed by atoms with Gasteiger partial charge in [-0.3, -0.25) is 0 Å². The van der Waals surface area contributed by atoms with Crippen molar-refractivity contribution in [1.82, 2.24) is 15.0 Å². The third kappa shape index (κ3) is 2.35. The van der Waals surface area contributed by atoms with Gasteiger partial charge in [0.2, 0.25) is 0 Å². The van der Waals surface area contributed by atoms with Gasteiger partial charge in [0.25, 0.3) is 0 Å². The smallest absolute Gasteiger partial charge is 0.163 e. The molecule has 5 rings (SSSR count). The van der Waals surface area contributed by atoms with E-state index in [1.54, 1.807) is 6.33 Å². The van der Waals surface area contributed by atoms with Crippen LogP contribution in [0.5, 0.6) is 0 Å². The fourth-order valence-electron chi connectivity index (χ4n) is 3.03. The lowest BCUT2D eigenvalue weighted by atomic mass is 10.1. The largest absolute Gasteiger partial charge is 0.456 e. The molecule has 0 N–H and O–H groups in total. The van der Waals surface area contributed by atoms with Crippen LogP contribution in [0.4, 0.5) is 0 Å². The van der Waals surface area contributed by atoms with Crippen molar-refractivity contribution in [2.45, 2.75) is 0 Å². The second-order valence-corrected chi connectivity index (χ2v) is 5.81. The zero-order valence-electron chi connectivity index (χ0n) is 13.3. The Balaban J connectivity index is 1.64. The zero-order chi connectivity index (χ0) is 16.6. The van der Waals surface area contributed by atoms with Gasteiger partial charge in [-0.2, -0.15) is 0 Å². The Kier molecular flexibility index (Phi) is 3.07. The minimum absolute atomic E-state index is 0.635. The maximum atomic E-state index is 5.96. The van der Waals surface area contributed by atoms with Gasteiger partial charge in [0.1, 0.15) is 17.5 Å². The second kappa shape index (κ2) is 5.53. The van der Waals surface area contributed by atoms with Gasteiger partial charge in [-0.25, -0.2) is 15.0 Å². The number of rotatable bonds is 2. The molecule has 4 heteroatoms. The van der Waals surface area contributed by atoms with E-state index in [0.29, 0.717) is 11.6 Å². The number of para-hydroxylation sites is 1. The van der Waals surface area contributed by atoms with Crippen molar-refractivity contribution in [1.29, 1.82) is 0 Å². The van der Waals surface area contributed by atoms with Gasteiger partial charge in [0.05, 0.1) is 0 Å². The molecular formula is C21H13N3O. The number of nitrogens with zero attached hydrogens (tertiary/aromatic N) is 3. The minimum Gasteiger partial charge on any atom is -0.456 e. The third-order valence-corrected chi connectivity index (χ3v) is 4.24. The number of furan rings is 1. The molecule has 2 aromatic heterocycles. The Bertz CT molecular complexity index is 1200. The van der Waals surface area contributed by atoms with Crippen LogP contribution in [0.15, 0.2) is 83.5 Å². The number of aromatic nitrogens is 3. The van der Waals surface area contributed by atoms with Crippen LogP contribution < -0.4 is 0 Å². The monoisotopic (exact) mass is 323 g/mol. The number of fused-ring (bicyclic) bond motifs is 3. The molecule has 0 atom stereocenters. The molecule has 0 aliphatic rings. The van der Waals surface area contributed by atoms with Gasteiger partial charge in [0, 0.05) is 21.9 Å². The van der Waals surface area contributed by atoms with E-state index in [1.165, 1.54) is 0 Å². The first-order valence-electron chi connectivity index (χ1n) is 8.05. The summed E-state index contributed by atoms with van der Waals surface area (Å²) in [5.41, 5.74) is 3.60. The average Bonchev–Trinajstić information content (AvgIpc) is 3.06. The fraction of sp³-hybridized carbons (Fsp3) is 0. The fourth-order valence-corrected chi connectivity index (χ4v) is 3.03. The van der Waals surface area contributed by atoms with Crippen LogP contribution in [0, 0.1) is 0 Å². The highest BCUT2D eigenvalue weighted by Gasteiger charge is 2.10. The van der Waals surface area contributed by atoms with E-state index in [0.717, 1.165) is 33.1 Å². The number of benzene rings is 3. The molecule has 0 aliphatic heterocycles.